The maximum Gasteiger partial charge on any atom is 0.223 e. The van der Waals surface area contributed by atoms with Crippen molar-refractivity contribution in [2.24, 2.45) is 17.0 Å². The predicted molar refractivity (Wildman–Crippen MR) is 67.4 cm³/mol. The second-order valence-electron chi connectivity index (χ2n) is 4.91. The lowest BCUT2D eigenvalue weighted by atomic mass is 9.82. The maximum atomic E-state index is 11.8. The molecule has 0 unspecified atom stereocenters. The van der Waals surface area contributed by atoms with Gasteiger partial charge < -0.3 is 5.32 Å². The van der Waals surface area contributed by atoms with E-state index in [-0.39, 0.29) is 11.8 Å². The Labute approximate surface area is 103 Å². The molecule has 1 aliphatic carbocycles. The minimum absolute atomic E-state index is 0.209. The molecule has 0 saturated heterocycles. The van der Waals surface area contributed by atoms with Crippen molar-refractivity contribution in [1.29, 1.82) is 0 Å². The summed E-state index contributed by atoms with van der Waals surface area (Å²) in [7, 11) is 0. The number of nitrogens with zero attached hydrogens (tertiary/aromatic N) is 3. The van der Waals surface area contributed by atoms with Crippen LogP contribution in [0.1, 0.15) is 45.4 Å². The summed E-state index contributed by atoms with van der Waals surface area (Å²) in [5.74, 6) is 1.21. The lowest BCUT2D eigenvalue weighted by Crippen LogP contribution is -2.33. The molecule has 0 aromatic heterocycles. The zero-order valence-electron chi connectivity index (χ0n) is 10.6. The van der Waals surface area contributed by atoms with E-state index in [2.05, 4.69) is 22.3 Å². The van der Waals surface area contributed by atoms with Crippen molar-refractivity contribution in [2.75, 3.05) is 13.1 Å². The number of carbonyl (C=O) groups excluding carboxylic acids is 1. The molecular formula is C12H22N4O. The van der Waals surface area contributed by atoms with Gasteiger partial charge in [0.15, 0.2) is 0 Å². The molecular weight excluding hydrogens is 216 g/mol. The molecule has 0 heterocycles. The number of hydrogen-bond acceptors (Lipinski definition) is 2. The van der Waals surface area contributed by atoms with Crippen molar-refractivity contribution >= 4 is 5.91 Å². The third-order valence-corrected chi connectivity index (χ3v) is 3.43. The van der Waals surface area contributed by atoms with E-state index in [1.54, 1.807) is 0 Å². The van der Waals surface area contributed by atoms with Crippen molar-refractivity contribution in [2.45, 2.75) is 45.4 Å². The highest BCUT2D eigenvalue weighted by molar-refractivity contribution is 5.78. The van der Waals surface area contributed by atoms with Gasteiger partial charge in [-0.15, -0.1) is 0 Å². The molecule has 0 aromatic rings. The summed E-state index contributed by atoms with van der Waals surface area (Å²) in [6.45, 7) is 3.48. The molecule has 1 fully saturated rings. The van der Waals surface area contributed by atoms with Crippen molar-refractivity contribution in [1.82, 2.24) is 5.32 Å². The van der Waals surface area contributed by atoms with Crippen LogP contribution in [-0.4, -0.2) is 19.0 Å². The summed E-state index contributed by atoms with van der Waals surface area (Å²) in [5.41, 5.74) is 8.09. The first-order valence-corrected chi connectivity index (χ1v) is 6.52. The van der Waals surface area contributed by atoms with Crippen LogP contribution in [0.5, 0.6) is 0 Å². The second kappa shape index (κ2) is 7.96. The van der Waals surface area contributed by atoms with Crippen molar-refractivity contribution < 1.29 is 4.79 Å². The summed E-state index contributed by atoms with van der Waals surface area (Å²) >= 11 is 0. The average molecular weight is 238 g/mol. The first-order chi connectivity index (χ1) is 8.24. The first kappa shape index (κ1) is 13.8. The Balaban J connectivity index is 2.06. The fourth-order valence-electron chi connectivity index (χ4n) is 2.23. The van der Waals surface area contributed by atoms with E-state index in [0.717, 1.165) is 31.6 Å². The number of unbranched alkanes of at least 4 members (excludes halogenated alkanes) is 1. The van der Waals surface area contributed by atoms with Gasteiger partial charge in [0.25, 0.3) is 0 Å². The Morgan fingerprint density at radius 2 is 2.06 bits per heavy atom. The SMILES string of the molecule is CC1CCC(C(=O)NCCCCN=[N+]=[N-])CC1. The minimum atomic E-state index is 0.209. The lowest BCUT2D eigenvalue weighted by Gasteiger charge is -2.25. The van der Waals surface area contributed by atoms with Crippen molar-refractivity contribution in [3.8, 4) is 0 Å². The van der Waals surface area contributed by atoms with Gasteiger partial charge >= 0.3 is 0 Å². The molecule has 0 aromatic carbocycles. The molecule has 1 rings (SSSR count). The number of rotatable bonds is 6. The van der Waals surface area contributed by atoms with Crippen LogP contribution in [0.2, 0.25) is 0 Å². The Kier molecular flexibility index (Phi) is 6.48. The number of nitrogens with one attached hydrogen (secondary N) is 1. The maximum absolute atomic E-state index is 11.8. The Hall–Kier alpha value is -1.22. The van der Waals surface area contributed by atoms with Crippen molar-refractivity contribution in [3.63, 3.8) is 0 Å². The molecule has 5 heteroatoms. The molecule has 1 saturated carbocycles. The predicted octanol–water partition coefficient (Wildman–Crippen LogP) is 3.02. The van der Waals surface area contributed by atoms with E-state index in [1.807, 2.05) is 0 Å². The van der Waals surface area contributed by atoms with Crippen LogP contribution < -0.4 is 5.32 Å². The number of carbonyl (C=O) groups is 1. The highest BCUT2D eigenvalue weighted by Gasteiger charge is 2.23. The number of amides is 1. The monoisotopic (exact) mass is 238 g/mol. The minimum Gasteiger partial charge on any atom is -0.356 e. The molecule has 1 N–H and O–H groups in total. The third-order valence-electron chi connectivity index (χ3n) is 3.43. The summed E-state index contributed by atoms with van der Waals surface area (Å²) in [4.78, 5) is 14.5. The highest BCUT2D eigenvalue weighted by Crippen LogP contribution is 2.28. The van der Waals surface area contributed by atoms with Crippen molar-refractivity contribution in [3.05, 3.63) is 10.4 Å². The summed E-state index contributed by atoms with van der Waals surface area (Å²) < 4.78 is 0. The molecule has 0 spiro atoms. The summed E-state index contributed by atoms with van der Waals surface area (Å²) in [6, 6.07) is 0. The standard InChI is InChI=1S/C12H22N4O/c1-10-4-6-11(7-5-10)12(17)14-8-2-3-9-15-16-13/h10-11H,2-9H2,1H3,(H,14,17). The number of hydrogen-bond donors (Lipinski definition) is 1. The van der Waals surface area contributed by atoms with Gasteiger partial charge in [-0.1, -0.05) is 12.0 Å². The zero-order chi connectivity index (χ0) is 12.5. The first-order valence-electron chi connectivity index (χ1n) is 6.52. The van der Waals surface area contributed by atoms with E-state index >= 15 is 0 Å². The van der Waals surface area contributed by atoms with Crippen LogP contribution in [0.15, 0.2) is 5.11 Å². The van der Waals surface area contributed by atoms with Crippen LogP contribution in [-0.2, 0) is 4.79 Å². The molecule has 0 atom stereocenters. The Bertz CT molecular complexity index is 278. The number of azide groups is 1. The molecule has 17 heavy (non-hydrogen) atoms. The van der Waals surface area contributed by atoms with Gasteiger partial charge in [0.2, 0.25) is 5.91 Å². The molecule has 0 bridgehead atoms. The van der Waals surface area contributed by atoms with E-state index in [1.165, 1.54) is 12.8 Å². The van der Waals surface area contributed by atoms with Gasteiger partial charge in [0, 0.05) is 23.9 Å². The fraction of sp³-hybridized carbons (Fsp3) is 0.917. The summed E-state index contributed by atoms with van der Waals surface area (Å²) in [6.07, 6.45) is 6.14. The van der Waals surface area contributed by atoms with E-state index in [9.17, 15) is 4.79 Å². The molecule has 5 nitrogen and oxygen atoms in total. The van der Waals surface area contributed by atoms with Crippen LogP contribution in [0.25, 0.3) is 10.4 Å². The van der Waals surface area contributed by atoms with Crippen LogP contribution in [0.3, 0.4) is 0 Å². The normalized spacial score (nSPS) is 23.8. The smallest absolute Gasteiger partial charge is 0.223 e. The molecule has 0 aliphatic heterocycles. The van der Waals surface area contributed by atoms with Gasteiger partial charge in [-0.3, -0.25) is 4.79 Å². The zero-order valence-corrected chi connectivity index (χ0v) is 10.6. The Morgan fingerprint density at radius 3 is 2.71 bits per heavy atom. The van der Waals surface area contributed by atoms with Gasteiger partial charge in [0.1, 0.15) is 0 Å². The lowest BCUT2D eigenvalue weighted by molar-refractivity contribution is -0.126. The molecule has 1 amide bonds. The summed E-state index contributed by atoms with van der Waals surface area (Å²) in [5, 5.41) is 6.42. The van der Waals surface area contributed by atoms with Gasteiger partial charge in [0.05, 0.1) is 0 Å². The molecule has 96 valence electrons. The highest BCUT2D eigenvalue weighted by atomic mass is 16.1. The van der Waals surface area contributed by atoms with Gasteiger partial charge in [-0.25, -0.2) is 0 Å². The van der Waals surface area contributed by atoms with E-state index in [0.29, 0.717) is 13.1 Å². The van der Waals surface area contributed by atoms with Gasteiger partial charge in [-0.05, 0) is 50.0 Å². The topological polar surface area (TPSA) is 77.9 Å². The van der Waals surface area contributed by atoms with Crippen LogP contribution >= 0.6 is 0 Å². The quantitative estimate of drug-likeness (QED) is 0.328. The average Bonchev–Trinajstić information content (AvgIpc) is 2.34. The fourth-order valence-corrected chi connectivity index (χ4v) is 2.23. The second-order valence-corrected chi connectivity index (χ2v) is 4.91. The van der Waals surface area contributed by atoms with Crippen LogP contribution in [0, 0.1) is 11.8 Å². The van der Waals surface area contributed by atoms with E-state index < -0.39 is 0 Å². The van der Waals surface area contributed by atoms with Crippen LogP contribution in [0.4, 0.5) is 0 Å². The Morgan fingerprint density at radius 1 is 1.35 bits per heavy atom. The largest absolute Gasteiger partial charge is 0.356 e. The van der Waals surface area contributed by atoms with E-state index in [4.69, 9.17) is 5.53 Å². The molecule has 0 radical (unpaired) electrons. The third kappa shape index (κ3) is 5.59. The molecule has 1 aliphatic rings. The van der Waals surface area contributed by atoms with Gasteiger partial charge in [-0.2, -0.15) is 0 Å².